The minimum atomic E-state index is -0.437. The molecule has 0 aliphatic carbocycles. The first-order chi connectivity index (χ1) is 12.5. The van der Waals surface area contributed by atoms with Crippen LogP contribution < -0.4 is 10.6 Å². The van der Waals surface area contributed by atoms with Crippen molar-refractivity contribution in [3.63, 3.8) is 0 Å². The van der Waals surface area contributed by atoms with E-state index in [1.54, 1.807) is 24.5 Å². The fraction of sp³-hybridized carbons (Fsp3) is 0.0526. The number of hydrogen-bond acceptors (Lipinski definition) is 5. The second-order valence-corrected chi connectivity index (χ2v) is 5.66. The highest BCUT2D eigenvalue weighted by Gasteiger charge is 2.07. The molecule has 0 atom stereocenters. The van der Waals surface area contributed by atoms with Crippen LogP contribution in [-0.4, -0.2) is 15.8 Å². The molecule has 0 spiro atoms. The molecule has 0 fully saturated rings. The van der Waals surface area contributed by atoms with Crippen LogP contribution in [0.2, 0.25) is 0 Å². The van der Waals surface area contributed by atoms with E-state index >= 15 is 0 Å². The van der Waals surface area contributed by atoms with Gasteiger partial charge in [0.1, 0.15) is 0 Å². The number of aromatic nitrogens is 1. The van der Waals surface area contributed by atoms with Crippen LogP contribution in [0.1, 0.15) is 6.92 Å². The average Bonchev–Trinajstić information content (AvgIpc) is 2.62. The van der Waals surface area contributed by atoms with E-state index in [2.05, 4.69) is 15.6 Å². The van der Waals surface area contributed by atoms with Gasteiger partial charge in [-0.2, -0.15) is 0 Å². The number of nitrogens with one attached hydrogen (secondary N) is 2. The van der Waals surface area contributed by atoms with E-state index in [4.69, 9.17) is 0 Å². The Morgan fingerprint density at radius 2 is 1.69 bits per heavy atom. The standard InChI is InChI=1S/C19H16N4O3/c1-13(24)21-16-5-2-4-14(8-16)15-9-18(12-20-11-15)22-17-6-3-7-19(10-17)23(25)26/h2-12,22H,1H3,(H,21,24). The van der Waals surface area contributed by atoms with Gasteiger partial charge in [-0.15, -0.1) is 0 Å². The van der Waals surface area contributed by atoms with Crippen LogP contribution >= 0.6 is 0 Å². The quantitative estimate of drug-likeness (QED) is 0.527. The summed E-state index contributed by atoms with van der Waals surface area (Å²) in [5.41, 5.74) is 3.77. The third-order valence-corrected chi connectivity index (χ3v) is 3.60. The molecule has 0 saturated carbocycles. The maximum Gasteiger partial charge on any atom is 0.271 e. The first-order valence-electron chi connectivity index (χ1n) is 7.86. The number of carbonyl (C=O) groups excluding carboxylic acids is 1. The van der Waals surface area contributed by atoms with Gasteiger partial charge >= 0.3 is 0 Å². The molecule has 3 rings (SSSR count). The van der Waals surface area contributed by atoms with Crippen LogP contribution in [0.25, 0.3) is 11.1 Å². The number of pyridine rings is 1. The van der Waals surface area contributed by atoms with Crippen molar-refractivity contribution in [2.75, 3.05) is 10.6 Å². The molecule has 26 heavy (non-hydrogen) atoms. The summed E-state index contributed by atoms with van der Waals surface area (Å²) in [6.07, 6.45) is 3.35. The highest BCUT2D eigenvalue weighted by molar-refractivity contribution is 5.89. The molecule has 1 amide bonds. The molecule has 7 heteroatoms. The van der Waals surface area contributed by atoms with E-state index in [1.807, 2.05) is 30.3 Å². The minimum absolute atomic E-state index is 0.0159. The summed E-state index contributed by atoms with van der Waals surface area (Å²) in [4.78, 5) is 25.9. The molecule has 0 saturated heterocycles. The first kappa shape index (κ1) is 17.1. The average molecular weight is 348 g/mol. The molecular formula is C19H16N4O3. The number of nitro benzene ring substituents is 1. The smallest absolute Gasteiger partial charge is 0.271 e. The number of rotatable bonds is 5. The van der Waals surface area contributed by atoms with Gasteiger partial charge in [0.15, 0.2) is 0 Å². The summed E-state index contributed by atoms with van der Waals surface area (Å²) in [5.74, 6) is -0.138. The maximum atomic E-state index is 11.2. The summed E-state index contributed by atoms with van der Waals surface area (Å²) in [6, 6.07) is 15.6. The van der Waals surface area contributed by atoms with Gasteiger partial charge in [0.25, 0.3) is 5.69 Å². The van der Waals surface area contributed by atoms with E-state index < -0.39 is 4.92 Å². The van der Waals surface area contributed by atoms with Crippen molar-refractivity contribution in [2.45, 2.75) is 6.92 Å². The third-order valence-electron chi connectivity index (χ3n) is 3.60. The van der Waals surface area contributed by atoms with Gasteiger partial charge in [-0.1, -0.05) is 18.2 Å². The number of benzene rings is 2. The van der Waals surface area contributed by atoms with Crippen LogP contribution in [0.4, 0.5) is 22.7 Å². The second kappa shape index (κ2) is 7.43. The molecule has 0 aliphatic rings. The normalized spacial score (nSPS) is 10.2. The van der Waals surface area contributed by atoms with E-state index in [9.17, 15) is 14.9 Å². The summed E-state index contributed by atoms with van der Waals surface area (Å²) in [7, 11) is 0. The fourth-order valence-electron chi connectivity index (χ4n) is 2.51. The number of anilines is 3. The van der Waals surface area contributed by atoms with Gasteiger partial charge in [-0.05, 0) is 29.8 Å². The van der Waals surface area contributed by atoms with Gasteiger partial charge in [-0.3, -0.25) is 19.9 Å². The van der Waals surface area contributed by atoms with Crippen molar-refractivity contribution in [2.24, 2.45) is 0 Å². The van der Waals surface area contributed by atoms with Crippen molar-refractivity contribution >= 4 is 28.7 Å². The lowest BCUT2D eigenvalue weighted by atomic mass is 10.1. The number of hydrogen-bond donors (Lipinski definition) is 2. The Bertz CT molecular complexity index is 972. The first-order valence-corrected chi connectivity index (χ1v) is 7.86. The fourth-order valence-corrected chi connectivity index (χ4v) is 2.51. The van der Waals surface area contributed by atoms with Crippen molar-refractivity contribution in [3.8, 4) is 11.1 Å². The molecule has 7 nitrogen and oxygen atoms in total. The van der Waals surface area contributed by atoms with Crippen LogP contribution in [0, 0.1) is 10.1 Å². The molecule has 0 bridgehead atoms. The predicted molar refractivity (Wildman–Crippen MR) is 100 cm³/mol. The molecule has 2 N–H and O–H groups in total. The second-order valence-electron chi connectivity index (χ2n) is 5.66. The molecule has 0 radical (unpaired) electrons. The molecule has 1 aromatic heterocycles. The van der Waals surface area contributed by atoms with Gasteiger partial charge in [0, 0.05) is 42.2 Å². The van der Waals surface area contributed by atoms with Gasteiger partial charge in [0.05, 0.1) is 16.8 Å². The van der Waals surface area contributed by atoms with Gasteiger partial charge in [-0.25, -0.2) is 0 Å². The van der Waals surface area contributed by atoms with Crippen LogP contribution in [-0.2, 0) is 4.79 Å². The lowest BCUT2D eigenvalue weighted by molar-refractivity contribution is -0.384. The number of carbonyl (C=O) groups is 1. The zero-order valence-corrected chi connectivity index (χ0v) is 14.0. The van der Waals surface area contributed by atoms with E-state index in [1.165, 1.54) is 19.1 Å². The van der Waals surface area contributed by atoms with Crippen LogP contribution in [0.5, 0.6) is 0 Å². The number of amides is 1. The zero-order chi connectivity index (χ0) is 18.5. The summed E-state index contributed by atoms with van der Waals surface area (Å²) >= 11 is 0. The highest BCUT2D eigenvalue weighted by atomic mass is 16.6. The maximum absolute atomic E-state index is 11.2. The highest BCUT2D eigenvalue weighted by Crippen LogP contribution is 2.26. The zero-order valence-electron chi connectivity index (χ0n) is 14.0. The predicted octanol–water partition coefficient (Wildman–Crippen LogP) is 4.36. The molecule has 2 aromatic carbocycles. The Morgan fingerprint density at radius 3 is 2.46 bits per heavy atom. The third kappa shape index (κ3) is 4.21. The summed E-state index contributed by atoms with van der Waals surface area (Å²) < 4.78 is 0. The van der Waals surface area contributed by atoms with Crippen molar-refractivity contribution < 1.29 is 9.72 Å². The lowest BCUT2D eigenvalue weighted by Crippen LogP contribution is -2.05. The summed E-state index contributed by atoms with van der Waals surface area (Å²) in [5, 5.41) is 16.8. The van der Waals surface area contributed by atoms with Gasteiger partial charge < -0.3 is 10.6 Å². The number of nitrogens with zero attached hydrogens (tertiary/aromatic N) is 2. The monoisotopic (exact) mass is 348 g/mol. The molecule has 0 unspecified atom stereocenters. The SMILES string of the molecule is CC(=O)Nc1cccc(-c2cncc(Nc3cccc([N+](=O)[O-])c3)c2)c1. The molecule has 0 aliphatic heterocycles. The van der Waals surface area contributed by atoms with E-state index in [0.717, 1.165) is 11.1 Å². The van der Waals surface area contributed by atoms with Crippen molar-refractivity contribution in [1.29, 1.82) is 0 Å². The Balaban J connectivity index is 1.86. The Kier molecular flexibility index (Phi) is 4.89. The number of nitro groups is 1. The Hall–Kier alpha value is -3.74. The van der Waals surface area contributed by atoms with Crippen molar-refractivity contribution in [1.82, 2.24) is 4.98 Å². The minimum Gasteiger partial charge on any atom is -0.354 e. The Morgan fingerprint density at radius 1 is 0.962 bits per heavy atom. The van der Waals surface area contributed by atoms with Crippen molar-refractivity contribution in [3.05, 3.63) is 77.1 Å². The molecular weight excluding hydrogens is 332 g/mol. The van der Waals surface area contributed by atoms with E-state index in [0.29, 0.717) is 17.1 Å². The Labute approximate surface area is 149 Å². The molecule has 130 valence electrons. The molecule has 1 heterocycles. The largest absolute Gasteiger partial charge is 0.354 e. The van der Waals surface area contributed by atoms with Crippen LogP contribution in [0.3, 0.4) is 0 Å². The topological polar surface area (TPSA) is 97.2 Å². The van der Waals surface area contributed by atoms with Gasteiger partial charge in [0.2, 0.25) is 5.91 Å². The van der Waals surface area contributed by atoms with Crippen LogP contribution in [0.15, 0.2) is 67.0 Å². The number of non-ortho nitro benzene ring substituents is 1. The lowest BCUT2D eigenvalue weighted by Gasteiger charge is -2.09. The van der Waals surface area contributed by atoms with E-state index in [-0.39, 0.29) is 11.6 Å². The summed E-state index contributed by atoms with van der Waals surface area (Å²) in [6.45, 7) is 1.46. The molecule has 3 aromatic rings.